The van der Waals surface area contributed by atoms with E-state index in [1.54, 1.807) is 25.3 Å². The van der Waals surface area contributed by atoms with Gasteiger partial charge < -0.3 is 14.6 Å². The number of aromatic nitrogens is 3. The van der Waals surface area contributed by atoms with Crippen molar-refractivity contribution >= 4 is 17.5 Å². The van der Waals surface area contributed by atoms with E-state index in [4.69, 9.17) is 16.3 Å². The highest BCUT2D eigenvalue weighted by atomic mass is 35.5. The minimum atomic E-state index is -0.261. The van der Waals surface area contributed by atoms with Crippen LogP contribution in [0.4, 0.5) is 0 Å². The Balaban J connectivity index is 1.41. The second-order valence-electron chi connectivity index (χ2n) is 7.71. The first-order valence-electron chi connectivity index (χ1n) is 10.4. The standard InChI is InChI=1S/C23H26ClN5O2/c1-16(25-23(30)18-4-3-5-20(14-18)31-2)22-27-26-21-10-11-28(12-13-29(21)22)15-17-6-8-19(24)9-7-17/h3-9,14,16H,10-13,15H2,1-2H3,(H,25,30). The molecule has 0 fully saturated rings. The number of carbonyl (C=O) groups excluding carboxylic acids is 1. The van der Waals surface area contributed by atoms with E-state index in [0.717, 1.165) is 49.3 Å². The highest BCUT2D eigenvalue weighted by Crippen LogP contribution is 2.19. The van der Waals surface area contributed by atoms with Crippen LogP contribution in [0.1, 0.15) is 40.5 Å². The Morgan fingerprint density at radius 3 is 2.74 bits per heavy atom. The zero-order valence-corrected chi connectivity index (χ0v) is 18.5. The molecule has 0 aliphatic carbocycles. The van der Waals surface area contributed by atoms with Crippen molar-refractivity contribution in [1.82, 2.24) is 25.0 Å². The monoisotopic (exact) mass is 439 g/mol. The second-order valence-corrected chi connectivity index (χ2v) is 8.14. The number of halogens is 1. The van der Waals surface area contributed by atoms with Crippen LogP contribution in [0.5, 0.6) is 5.75 Å². The topological polar surface area (TPSA) is 72.3 Å². The number of nitrogens with zero attached hydrogens (tertiary/aromatic N) is 4. The summed E-state index contributed by atoms with van der Waals surface area (Å²) in [6.45, 7) is 5.38. The van der Waals surface area contributed by atoms with E-state index in [-0.39, 0.29) is 11.9 Å². The molecule has 1 atom stereocenters. The van der Waals surface area contributed by atoms with Gasteiger partial charge in [0.05, 0.1) is 13.2 Å². The molecule has 2 heterocycles. The van der Waals surface area contributed by atoms with Crippen LogP contribution >= 0.6 is 11.6 Å². The van der Waals surface area contributed by atoms with E-state index >= 15 is 0 Å². The van der Waals surface area contributed by atoms with Crippen molar-refractivity contribution in [3.8, 4) is 5.75 Å². The number of hydrogen-bond acceptors (Lipinski definition) is 5. The molecule has 1 unspecified atom stereocenters. The molecule has 0 radical (unpaired) electrons. The Hall–Kier alpha value is -2.90. The molecular weight excluding hydrogens is 414 g/mol. The summed E-state index contributed by atoms with van der Waals surface area (Å²) in [4.78, 5) is 15.1. The summed E-state index contributed by atoms with van der Waals surface area (Å²) in [6, 6.07) is 14.8. The van der Waals surface area contributed by atoms with Gasteiger partial charge in [-0.1, -0.05) is 29.8 Å². The number of nitrogens with one attached hydrogen (secondary N) is 1. The van der Waals surface area contributed by atoms with E-state index in [9.17, 15) is 4.79 Å². The predicted molar refractivity (Wildman–Crippen MR) is 119 cm³/mol. The smallest absolute Gasteiger partial charge is 0.251 e. The first-order chi connectivity index (χ1) is 15.0. The first-order valence-corrected chi connectivity index (χ1v) is 10.7. The highest BCUT2D eigenvalue weighted by Gasteiger charge is 2.23. The van der Waals surface area contributed by atoms with Gasteiger partial charge in [0.25, 0.3) is 5.91 Å². The predicted octanol–water partition coefficient (Wildman–Crippen LogP) is 3.49. The summed E-state index contributed by atoms with van der Waals surface area (Å²) in [7, 11) is 1.58. The number of fused-ring (bicyclic) bond motifs is 1. The zero-order valence-electron chi connectivity index (χ0n) is 17.7. The number of benzene rings is 2. The van der Waals surface area contributed by atoms with Gasteiger partial charge >= 0.3 is 0 Å². The Morgan fingerprint density at radius 2 is 1.97 bits per heavy atom. The lowest BCUT2D eigenvalue weighted by atomic mass is 10.2. The molecular formula is C23H26ClN5O2. The van der Waals surface area contributed by atoms with Gasteiger partial charge in [-0.05, 0) is 42.8 Å². The van der Waals surface area contributed by atoms with Crippen molar-refractivity contribution in [2.75, 3.05) is 20.2 Å². The molecule has 7 nitrogen and oxygen atoms in total. The molecule has 0 bridgehead atoms. The van der Waals surface area contributed by atoms with Gasteiger partial charge in [-0.25, -0.2) is 0 Å². The largest absolute Gasteiger partial charge is 0.497 e. The van der Waals surface area contributed by atoms with Gasteiger partial charge in [0.2, 0.25) is 0 Å². The minimum absolute atomic E-state index is 0.165. The lowest BCUT2D eigenvalue weighted by Crippen LogP contribution is -2.30. The second kappa shape index (κ2) is 9.49. The Kier molecular flexibility index (Phi) is 6.53. The number of methoxy groups -OCH3 is 1. The van der Waals surface area contributed by atoms with E-state index in [1.807, 2.05) is 25.1 Å². The van der Waals surface area contributed by atoms with Gasteiger partial charge in [0.15, 0.2) is 5.82 Å². The maximum atomic E-state index is 12.7. The fourth-order valence-corrected chi connectivity index (χ4v) is 3.95. The molecule has 1 aromatic heterocycles. The number of ether oxygens (including phenoxy) is 1. The molecule has 3 aromatic rings. The molecule has 8 heteroatoms. The molecule has 1 amide bonds. The Labute approximate surface area is 187 Å². The quantitative estimate of drug-likeness (QED) is 0.636. The molecule has 0 saturated heterocycles. The molecule has 1 N–H and O–H groups in total. The zero-order chi connectivity index (χ0) is 21.8. The average Bonchev–Trinajstić information content (AvgIpc) is 3.09. The summed E-state index contributed by atoms with van der Waals surface area (Å²) >= 11 is 6.00. The highest BCUT2D eigenvalue weighted by molar-refractivity contribution is 6.30. The van der Waals surface area contributed by atoms with Crippen LogP contribution in [0.2, 0.25) is 5.02 Å². The van der Waals surface area contributed by atoms with Crippen molar-refractivity contribution in [2.24, 2.45) is 0 Å². The fourth-order valence-electron chi connectivity index (χ4n) is 3.82. The van der Waals surface area contributed by atoms with Gasteiger partial charge in [-0.2, -0.15) is 0 Å². The van der Waals surface area contributed by atoms with Crippen molar-refractivity contribution in [3.05, 3.63) is 76.3 Å². The van der Waals surface area contributed by atoms with Crippen LogP contribution in [-0.2, 0) is 19.5 Å². The molecule has 1 aliphatic rings. The third-order valence-corrected chi connectivity index (χ3v) is 5.79. The van der Waals surface area contributed by atoms with Gasteiger partial charge in [-0.15, -0.1) is 10.2 Å². The summed E-state index contributed by atoms with van der Waals surface area (Å²) in [5.74, 6) is 2.22. The SMILES string of the molecule is COc1cccc(C(=O)NC(C)c2nnc3n2CCN(Cc2ccc(Cl)cc2)CC3)c1. The molecule has 162 valence electrons. The summed E-state index contributed by atoms with van der Waals surface area (Å²) in [5.41, 5.74) is 1.79. The molecule has 0 spiro atoms. The van der Waals surface area contributed by atoms with Crippen molar-refractivity contribution in [1.29, 1.82) is 0 Å². The number of amides is 1. The Morgan fingerprint density at radius 1 is 1.16 bits per heavy atom. The molecule has 31 heavy (non-hydrogen) atoms. The van der Waals surface area contributed by atoms with Crippen molar-refractivity contribution in [2.45, 2.75) is 32.5 Å². The lowest BCUT2D eigenvalue weighted by molar-refractivity contribution is 0.0937. The number of carbonyl (C=O) groups is 1. The fraction of sp³-hybridized carbons (Fsp3) is 0.348. The third-order valence-electron chi connectivity index (χ3n) is 5.53. The average molecular weight is 440 g/mol. The molecule has 1 aliphatic heterocycles. The third kappa shape index (κ3) is 5.06. The van der Waals surface area contributed by atoms with Crippen molar-refractivity contribution < 1.29 is 9.53 Å². The minimum Gasteiger partial charge on any atom is -0.497 e. The maximum Gasteiger partial charge on any atom is 0.251 e. The first kappa shape index (κ1) is 21.3. The van der Waals surface area contributed by atoms with E-state index in [1.165, 1.54) is 5.56 Å². The van der Waals surface area contributed by atoms with Crippen LogP contribution in [0.25, 0.3) is 0 Å². The van der Waals surface area contributed by atoms with Gasteiger partial charge in [-0.3, -0.25) is 9.69 Å². The van der Waals surface area contributed by atoms with E-state index in [0.29, 0.717) is 11.3 Å². The van der Waals surface area contributed by atoms with Crippen molar-refractivity contribution in [3.63, 3.8) is 0 Å². The summed E-state index contributed by atoms with van der Waals surface area (Å²) in [5, 5.41) is 12.6. The van der Waals surface area contributed by atoms with Gasteiger partial charge in [0, 0.05) is 43.2 Å². The van der Waals surface area contributed by atoms with E-state index in [2.05, 4.69) is 37.1 Å². The number of rotatable bonds is 6. The normalized spacial score (nSPS) is 15.1. The summed E-state index contributed by atoms with van der Waals surface area (Å²) in [6.07, 6.45) is 0.817. The lowest BCUT2D eigenvalue weighted by Gasteiger charge is -2.20. The molecule has 4 rings (SSSR count). The van der Waals surface area contributed by atoms with Crippen LogP contribution in [0, 0.1) is 0 Å². The van der Waals surface area contributed by atoms with Crippen LogP contribution < -0.4 is 10.1 Å². The maximum absolute atomic E-state index is 12.7. The van der Waals surface area contributed by atoms with Crippen LogP contribution in [-0.4, -0.2) is 45.8 Å². The van der Waals surface area contributed by atoms with Crippen LogP contribution in [0.15, 0.2) is 48.5 Å². The van der Waals surface area contributed by atoms with Crippen LogP contribution in [0.3, 0.4) is 0 Å². The number of hydrogen-bond donors (Lipinski definition) is 1. The van der Waals surface area contributed by atoms with Gasteiger partial charge in [0.1, 0.15) is 11.6 Å². The molecule has 0 saturated carbocycles. The summed E-state index contributed by atoms with van der Waals surface area (Å²) < 4.78 is 7.35. The molecule has 2 aromatic carbocycles. The van der Waals surface area contributed by atoms with E-state index < -0.39 is 0 Å². The Bertz CT molecular complexity index is 1050.